The van der Waals surface area contributed by atoms with Crippen molar-refractivity contribution < 1.29 is 71.4 Å². The molecule has 70 heavy (non-hydrogen) atoms. The van der Waals surface area contributed by atoms with E-state index in [0.717, 1.165) is 0 Å². The van der Waals surface area contributed by atoms with Crippen LogP contribution in [0.25, 0.3) is 0 Å². The van der Waals surface area contributed by atoms with Gasteiger partial charge in [0, 0.05) is 30.6 Å². The van der Waals surface area contributed by atoms with Crippen molar-refractivity contribution >= 4 is 32.3 Å². The molecule has 3 aliphatic carbocycles. The van der Waals surface area contributed by atoms with Gasteiger partial charge in [0.2, 0.25) is 8.32 Å². The highest BCUT2D eigenvalue weighted by molar-refractivity contribution is 6.77. The molecule has 2 bridgehead atoms. The first-order chi connectivity index (χ1) is 32.6. The number of aliphatic hydroxyl groups excluding tert-OH is 1. The predicted octanol–water partition coefficient (Wildman–Crippen LogP) is 8.42. The molecule has 3 N–H and O–H groups in total. The van der Waals surface area contributed by atoms with Gasteiger partial charge >= 0.3 is 24.0 Å². The Morgan fingerprint density at radius 1 is 0.943 bits per heavy atom. The van der Waals surface area contributed by atoms with Gasteiger partial charge in [-0.3, -0.25) is 4.79 Å². The maximum Gasteiger partial charge on any atom is 0.408 e. The van der Waals surface area contributed by atoms with Crippen LogP contribution in [0.2, 0.25) is 16.6 Å². The summed E-state index contributed by atoms with van der Waals surface area (Å²) < 4.78 is 58.4. The molecule has 2 aliphatic heterocycles. The van der Waals surface area contributed by atoms with E-state index in [9.17, 15) is 24.6 Å². The number of carbonyl (C=O) groups is 4. The highest BCUT2D eigenvalue weighted by Gasteiger charge is 2.79. The summed E-state index contributed by atoms with van der Waals surface area (Å²) in [6.07, 6.45) is -7.79. The lowest BCUT2D eigenvalue weighted by atomic mass is 9.44. The van der Waals surface area contributed by atoms with E-state index in [1.54, 1.807) is 77.1 Å². The molecule has 7 rings (SSSR count). The number of hydrogen-bond acceptors (Lipinski definition) is 15. The number of carbonyl (C=O) groups excluding carboxylic acids is 4. The number of ether oxygens (including phenoxy) is 7. The minimum atomic E-state index is -3.02. The fourth-order valence-electron chi connectivity index (χ4n) is 13.0. The molecule has 1 unspecified atom stereocenters. The normalized spacial score (nSPS) is 33.4. The van der Waals surface area contributed by atoms with Crippen LogP contribution in [0.5, 0.6) is 0 Å². The summed E-state index contributed by atoms with van der Waals surface area (Å²) in [6.45, 7) is 29.9. The number of nitrogens with one attached hydrogen (secondary N) is 1. The van der Waals surface area contributed by atoms with Crippen LogP contribution in [0.15, 0.2) is 76.9 Å². The van der Waals surface area contributed by atoms with Crippen molar-refractivity contribution in [2.24, 2.45) is 16.7 Å². The second-order valence-corrected chi connectivity index (χ2v) is 28.0. The van der Waals surface area contributed by atoms with Gasteiger partial charge in [-0.25, -0.2) is 14.4 Å². The Morgan fingerprint density at radius 3 is 2.11 bits per heavy atom. The van der Waals surface area contributed by atoms with E-state index in [4.69, 9.17) is 42.0 Å². The largest absolute Gasteiger partial charge is 0.467 e. The summed E-state index contributed by atoms with van der Waals surface area (Å²) >= 11 is 0. The quantitative estimate of drug-likeness (QED) is 0.0703. The molecular weight excluding hydrogens is 919 g/mol. The molecule has 13 atom stereocenters. The Labute approximate surface area is 413 Å². The van der Waals surface area contributed by atoms with E-state index in [0.29, 0.717) is 11.1 Å². The molecule has 3 heterocycles. The number of alkyl carbamates (subject to hydrolysis) is 1. The number of fused-ring (bicyclic) bond motifs is 8. The molecule has 5 aliphatic rings. The lowest BCUT2D eigenvalue weighted by molar-refractivity contribution is -0.361. The van der Waals surface area contributed by atoms with Gasteiger partial charge in [0.05, 0.1) is 36.6 Å². The summed E-state index contributed by atoms with van der Waals surface area (Å²) in [6, 6.07) is 10.3. The van der Waals surface area contributed by atoms with Crippen molar-refractivity contribution in [3.05, 3.63) is 83.9 Å². The molecule has 2 saturated heterocycles. The van der Waals surface area contributed by atoms with E-state index < -0.39 is 121 Å². The Morgan fingerprint density at radius 2 is 1.59 bits per heavy atom. The smallest absolute Gasteiger partial charge is 0.408 e. The average molecular weight is 994 g/mol. The van der Waals surface area contributed by atoms with Gasteiger partial charge in [0.15, 0.2) is 18.0 Å². The van der Waals surface area contributed by atoms with Crippen LogP contribution in [0.4, 0.5) is 4.79 Å². The zero-order valence-corrected chi connectivity index (χ0v) is 44.2. The fraction of sp³-hybridized carbons (Fsp3) is 0.660. The Kier molecular flexibility index (Phi) is 14.7. The third-order valence-corrected chi connectivity index (χ3v) is 22.3. The van der Waals surface area contributed by atoms with Crippen LogP contribution >= 0.6 is 0 Å². The van der Waals surface area contributed by atoms with Crippen LogP contribution in [0, 0.1) is 16.7 Å². The summed E-state index contributed by atoms with van der Waals surface area (Å²) in [7, 11) is -3.02. The molecule has 4 fully saturated rings. The van der Waals surface area contributed by atoms with Crippen molar-refractivity contribution in [1.82, 2.24) is 5.32 Å². The molecule has 2 saturated carbocycles. The van der Waals surface area contributed by atoms with E-state index in [-0.39, 0.29) is 47.4 Å². The van der Waals surface area contributed by atoms with Gasteiger partial charge in [-0.15, -0.1) is 0 Å². The summed E-state index contributed by atoms with van der Waals surface area (Å²) in [5.74, 6) is -3.32. The number of benzene rings is 1. The topological polar surface area (TPSA) is 208 Å². The Hall–Kier alpha value is -4.36. The summed E-state index contributed by atoms with van der Waals surface area (Å²) in [4.78, 5) is 57.4. The molecular formula is C53H75NO15Si. The average Bonchev–Trinajstić information content (AvgIpc) is 3.96. The number of amides is 1. The van der Waals surface area contributed by atoms with E-state index in [2.05, 4.69) is 53.4 Å². The first-order valence-corrected chi connectivity index (χ1v) is 26.8. The van der Waals surface area contributed by atoms with Crippen LogP contribution < -0.4 is 5.32 Å². The first-order valence-electron chi connectivity index (χ1n) is 24.6. The van der Waals surface area contributed by atoms with E-state index in [1.807, 2.05) is 13.8 Å². The van der Waals surface area contributed by atoms with Crippen molar-refractivity contribution in [3.63, 3.8) is 0 Å². The van der Waals surface area contributed by atoms with Crippen molar-refractivity contribution in [1.29, 1.82) is 0 Å². The summed E-state index contributed by atoms with van der Waals surface area (Å²) in [5.41, 5.74) is -6.38. The number of esters is 3. The highest BCUT2D eigenvalue weighted by atomic mass is 28.4. The molecule has 1 aromatic carbocycles. The number of furan rings is 1. The van der Waals surface area contributed by atoms with Crippen molar-refractivity contribution in [2.75, 3.05) is 6.61 Å². The van der Waals surface area contributed by atoms with Gasteiger partial charge in [0.1, 0.15) is 47.4 Å². The predicted molar refractivity (Wildman–Crippen MR) is 259 cm³/mol. The second kappa shape index (κ2) is 19.2. The van der Waals surface area contributed by atoms with E-state index in [1.165, 1.54) is 19.3 Å². The van der Waals surface area contributed by atoms with Gasteiger partial charge in [-0.05, 0) is 85.8 Å². The molecule has 0 radical (unpaired) electrons. The molecule has 16 nitrogen and oxygen atoms in total. The second-order valence-electron chi connectivity index (χ2n) is 22.6. The van der Waals surface area contributed by atoms with Crippen molar-refractivity contribution in [3.8, 4) is 0 Å². The number of rotatable bonds is 14. The molecule has 1 aromatic heterocycles. The monoisotopic (exact) mass is 993 g/mol. The zero-order chi connectivity index (χ0) is 51.7. The Balaban J connectivity index is 1.45. The van der Waals surface area contributed by atoms with Crippen LogP contribution in [-0.4, -0.2) is 115 Å². The minimum absolute atomic E-state index is 0.0217. The Bertz CT molecular complexity index is 2280. The van der Waals surface area contributed by atoms with Crippen LogP contribution in [0.1, 0.15) is 132 Å². The summed E-state index contributed by atoms with van der Waals surface area (Å²) in [5, 5.41) is 29.6. The maximum atomic E-state index is 15.7. The lowest BCUT2D eigenvalue weighted by Gasteiger charge is -2.68. The SMILES string of the molecule is C=CC1O[C@@H]2C3=C(C)[C@@H](OC(=O)[C@H](O[Si](C(C)C)(C(C)C)C(C)C)[C@@H](NC(=O)OC(C)(C)C)c4ccco4)C[C@@](O)([C@@H](OC(=O)c4ccccc4)[C@@H]4[C@]5(OC(C)=O)CO[C@@H]5C[C@H](O)[C@@]4(C)[C@@H]2O1)C3(C)C. The number of hydrogen-bond donors (Lipinski definition) is 3. The third kappa shape index (κ3) is 8.88. The number of aliphatic hydroxyl groups is 2. The first kappa shape index (κ1) is 53.4. The zero-order valence-electron chi connectivity index (χ0n) is 43.2. The third-order valence-electron chi connectivity index (χ3n) is 16.2. The van der Waals surface area contributed by atoms with Crippen molar-refractivity contribution in [2.45, 2.75) is 198 Å². The highest BCUT2D eigenvalue weighted by Crippen LogP contribution is 2.67. The molecule has 2 aromatic rings. The molecule has 1 amide bonds. The molecule has 0 spiro atoms. The van der Waals surface area contributed by atoms with Crippen LogP contribution in [0.3, 0.4) is 0 Å². The molecule has 386 valence electrons. The fourth-order valence-corrected chi connectivity index (χ4v) is 18.5. The molecule has 17 heteroatoms. The van der Waals surface area contributed by atoms with Crippen LogP contribution in [-0.2, 0) is 47.2 Å². The van der Waals surface area contributed by atoms with Gasteiger partial charge in [-0.1, -0.05) is 87.1 Å². The lowest BCUT2D eigenvalue weighted by Crippen LogP contribution is -2.82. The van der Waals surface area contributed by atoms with Gasteiger partial charge in [-0.2, -0.15) is 0 Å². The minimum Gasteiger partial charge on any atom is -0.467 e. The van der Waals surface area contributed by atoms with E-state index >= 15 is 4.79 Å². The maximum absolute atomic E-state index is 15.7. The standard InChI is InChI=1S/C53H75NO15Si/c1-16-38-64-41-39-31(8)35(63-47(58)42(69-70(28(2)3,29(4)5)30(6)7)40(34-23-20-24-61-34)54-48(59)68-49(10,11)12)26-53(60,50(39,13)14)45(66-46(57)33-21-18-17-19-22-33)43-51(15,44(41)65-38)36(56)25-37-52(43,27-62-37)67-32(9)55/h16-24,28-30,35-38,40-45,56,60H,1,25-27H2,2-15H3,(H,54,59)/t35-,36-,37+,38?,40-,41+,42+,43-,44+,45-,51+,52-,53+/m0/s1. The van der Waals surface area contributed by atoms with Gasteiger partial charge < -0.3 is 57.5 Å². The van der Waals surface area contributed by atoms with Gasteiger partial charge in [0.25, 0.3) is 0 Å².